The number of ether oxygens (including phenoxy) is 1. The van der Waals surface area contributed by atoms with Gasteiger partial charge in [-0.25, -0.2) is 4.79 Å². The molecule has 0 unspecified atom stereocenters. The SMILES string of the molecule is CCc1cc(=O)oc2cc(C)c3c(c12)O[C@H](c1ccc(N(C)C)cc1)CC3=O. The van der Waals surface area contributed by atoms with Crippen LogP contribution in [0.25, 0.3) is 11.0 Å². The number of carbonyl (C=O) groups excluding carboxylic acids is 1. The van der Waals surface area contributed by atoms with Crippen molar-refractivity contribution in [3.8, 4) is 5.75 Å². The van der Waals surface area contributed by atoms with Crippen LogP contribution < -0.4 is 15.3 Å². The van der Waals surface area contributed by atoms with Gasteiger partial charge in [0.25, 0.3) is 0 Å². The Morgan fingerprint density at radius 1 is 1.11 bits per heavy atom. The number of anilines is 1. The molecule has 1 aliphatic rings. The van der Waals surface area contributed by atoms with Gasteiger partial charge in [0, 0.05) is 25.8 Å². The fourth-order valence-electron chi connectivity index (χ4n) is 3.86. The number of carbonyl (C=O) groups is 1. The van der Waals surface area contributed by atoms with Crippen LogP contribution >= 0.6 is 0 Å². The van der Waals surface area contributed by atoms with Crippen LogP contribution in [-0.2, 0) is 6.42 Å². The summed E-state index contributed by atoms with van der Waals surface area (Å²) >= 11 is 0. The van der Waals surface area contributed by atoms with Gasteiger partial charge in [-0.3, -0.25) is 4.79 Å². The van der Waals surface area contributed by atoms with Crippen molar-refractivity contribution in [3.05, 3.63) is 69.1 Å². The van der Waals surface area contributed by atoms with E-state index in [2.05, 4.69) is 0 Å². The van der Waals surface area contributed by atoms with E-state index in [1.807, 2.05) is 57.1 Å². The Balaban J connectivity index is 1.87. The maximum Gasteiger partial charge on any atom is 0.336 e. The Labute approximate surface area is 163 Å². The van der Waals surface area contributed by atoms with Crippen LogP contribution in [0.3, 0.4) is 0 Å². The summed E-state index contributed by atoms with van der Waals surface area (Å²) in [6.45, 7) is 3.83. The minimum atomic E-state index is -0.387. The molecule has 4 rings (SSSR count). The zero-order chi connectivity index (χ0) is 20.0. The maximum absolute atomic E-state index is 13.0. The van der Waals surface area contributed by atoms with E-state index in [9.17, 15) is 9.59 Å². The lowest BCUT2D eigenvalue weighted by atomic mass is 9.90. The highest BCUT2D eigenvalue weighted by Gasteiger charge is 2.32. The second-order valence-electron chi connectivity index (χ2n) is 7.43. The van der Waals surface area contributed by atoms with Crippen LogP contribution in [0.5, 0.6) is 5.75 Å². The van der Waals surface area contributed by atoms with Crippen molar-refractivity contribution in [1.82, 2.24) is 0 Å². The van der Waals surface area contributed by atoms with Gasteiger partial charge >= 0.3 is 5.63 Å². The number of Topliss-reactive ketones (excluding diaryl/α,β-unsaturated/α-hetero) is 1. The highest BCUT2D eigenvalue weighted by molar-refractivity contribution is 6.07. The van der Waals surface area contributed by atoms with Gasteiger partial charge in [-0.05, 0) is 48.2 Å². The van der Waals surface area contributed by atoms with Crippen LogP contribution in [-0.4, -0.2) is 19.9 Å². The van der Waals surface area contributed by atoms with Gasteiger partial charge in [0.15, 0.2) is 5.78 Å². The highest BCUT2D eigenvalue weighted by atomic mass is 16.5. The van der Waals surface area contributed by atoms with Crippen molar-refractivity contribution >= 4 is 22.4 Å². The molecule has 0 fully saturated rings. The van der Waals surface area contributed by atoms with Gasteiger partial charge in [-0.2, -0.15) is 0 Å². The van der Waals surface area contributed by atoms with Crippen LogP contribution in [0.1, 0.15) is 46.5 Å². The largest absolute Gasteiger partial charge is 0.484 e. The van der Waals surface area contributed by atoms with Gasteiger partial charge < -0.3 is 14.1 Å². The Kier molecular flexibility index (Phi) is 4.46. The minimum absolute atomic E-state index is 0.0515. The number of benzene rings is 2. The molecule has 1 atom stereocenters. The summed E-state index contributed by atoms with van der Waals surface area (Å²) in [6, 6.07) is 11.3. The third-order valence-electron chi connectivity index (χ3n) is 5.34. The number of fused-ring (bicyclic) bond motifs is 3. The van der Waals surface area contributed by atoms with Gasteiger partial charge in [0.2, 0.25) is 0 Å². The third kappa shape index (κ3) is 2.97. The summed E-state index contributed by atoms with van der Waals surface area (Å²) in [5.74, 6) is 0.587. The molecule has 28 heavy (non-hydrogen) atoms. The Morgan fingerprint density at radius 2 is 1.82 bits per heavy atom. The van der Waals surface area contributed by atoms with E-state index < -0.39 is 0 Å². The van der Waals surface area contributed by atoms with Crippen molar-refractivity contribution in [2.45, 2.75) is 32.8 Å². The van der Waals surface area contributed by atoms with E-state index in [0.29, 0.717) is 29.7 Å². The fourth-order valence-corrected chi connectivity index (χ4v) is 3.86. The number of hydrogen-bond donors (Lipinski definition) is 0. The molecule has 3 aromatic rings. The molecule has 0 N–H and O–H groups in total. The molecule has 2 aromatic carbocycles. The van der Waals surface area contributed by atoms with Crippen LogP contribution in [0.15, 0.2) is 45.6 Å². The summed E-state index contributed by atoms with van der Waals surface area (Å²) in [5.41, 5.74) is 4.32. The van der Waals surface area contributed by atoms with Crippen LogP contribution in [0, 0.1) is 6.92 Å². The topological polar surface area (TPSA) is 59.8 Å². The summed E-state index contributed by atoms with van der Waals surface area (Å²) in [4.78, 5) is 26.9. The molecule has 0 aliphatic carbocycles. The maximum atomic E-state index is 13.0. The highest BCUT2D eigenvalue weighted by Crippen LogP contribution is 2.42. The third-order valence-corrected chi connectivity index (χ3v) is 5.34. The smallest absolute Gasteiger partial charge is 0.336 e. The average Bonchev–Trinajstić information content (AvgIpc) is 2.66. The molecule has 1 aromatic heterocycles. The number of aryl methyl sites for hydroxylation is 2. The van der Waals surface area contributed by atoms with Crippen molar-refractivity contribution in [3.63, 3.8) is 0 Å². The Bertz CT molecular complexity index is 1130. The van der Waals surface area contributed by atoms with Gasteiger partial charge in [-0.15, -0.1) is 0 Å². The fraction of sp³-hybridized carbons (Fsp3) is 0.304. The van der Waals surface area contributed by atoms with E-state index in [1.165, 1.54) is 6.07 Å². The predicted octanol–water partition coefficient (Wildman–Crippen LogP) is 4.44. The normalized spacial score (nSPS) is 16.0. The van der Waals surface area contributed by atoms with E-state index in [-0.39, 0.29) is 17.5 Å². The average molecular weight is 377 g/mol. The quantitative estimate of drug-likeness (QED) is 0.632. The van der Waals surface area contributed by atoms with E-state index >= 15 is 0 Å². The van der Waals surface area contributed by atoms with Crippen molar-refractivity contribution in [2.24, 2.45) is 0 Å². The zero-order valence-electron chi connectivity index (χ0n) is 16.5. The van der Waals surface area contributed by atoms with Crippen molar-refractivity contribution in [2.75, 3.05) is 19.0 Å². The first-order valence-corrected chi connectivity index (χ1v) is 9.46. The predicted molar refractivity (Wildman–Crippen MR) is 110 cm³/mol. The molecule has 0 amide bonds. The first kappa shape index (κ1) is 18.3. The van der Waals surface area contributed by atoms with E-state index in [1.54, 1.807) is 6.07 Å². The lowest BCUT2D eigenvalue weighted by Gasteiger charge is -2.28. The summed E-state index contributed by atoms with van der Waals surface area (Å²) in [7, 11) is 3.97. The second-order valence-corrected chi connectivity index (χ2v) is 7.43. The van der Waals surface area contributed by atoms with E-state index in [4.69, 9.17) is 9.15 Å². The molecule has 144 valence electrons. The summed E-state index contributed by atoms with van der Waals surface area (Å²) < 4.78 is 11.8. The van der Waals surface area contributed by atoms with E-state index in [0.717, 1.165) is 27.8 Å². The van der Waals surface area contributed by atoms with Gasteiger partial charge in [0.05, 0.1) is 17.4 Å². The second kappa shape index (κ2) is 6.82. The molecule has 0 bridgehead atoms. The van der Waals surface area contributed by atoms with Crippen molar-refractivity contribution < 1.29 is 13.9 Å². The first-order chi connectivity index (χ1) is 13.4. The van der Waals surface area contributed by atoms with Gasteiger partial charge in [-0.1, -0.05) is 19.1 Å². The first-order valence-electron chi connectivity index (χ1n) is 9.46. The molecule has 0 spiro atoms. The molecule has 5 heteroatoms. The lowest BCUT2D eigenvalue weighted by Crippen LogP contribution is -2.22. The standard InChI is InChI=1S/C23H23NO4/c1-5-14-11-20(26)27-19-10-13(2)21-17(25)12-18(28-23(21)22(14)19)15-6-8-16(9-7-15)24(3)4/h6-11,18H,5,12H2,1-4H3/t18-/m0/s1. The van der Waals surface area contributed by atoms with Crippen LogP contribution in [0.4, 0.5) is 5.69 Å². The van der Waals surface area contributed by atoms with Crippen molar-refractivity contribution in [1.29, 1.82) is 0 Å². The molecule has 1 aliphatic heterocycles. The molecular weight excluding hydrogens is 354 g/mol. The molecular formula is C23H23NO4. The van der Waals surface area contributed by atoms with Gasteiger partial charge in [0.1, 0.15) is 17.4 Å². The molecule has 2 heterocycles. The monoisotopic (exact) mass is 377 g/mol. The molecule has 0 saturated heterocycles. The number of hydrogen-bond acceptors (Lipinski definition) is 5. The Morgan fingerprint density at radius 3 is 2.46 bits per heavy atom. The van der Waals surface area contributed by atoms with Crippen LogP contribution in [0.2, 0.25) is 0 Å². The lowest BCUT2D eigenvalue weighted by molar-refractivity contribution is 0.0852. The minimum Gasteiger partial charge on any atom is -0.484 e. The number of ketones is 1. The Hall–Kier alpha value is -3.08. The molecule has 0 saturated carbocycles. The molecule has 5 nitrogen and oxygen atoms in total. The molecule has 0 radical (unpaired) electrons. The number of rotatable bonds is 3. The summed E-state index contributed by atoms with van der Waals surface area (Å²) in [6.07, 6.45) is 0.578. The summed E-state index contributed by atoms with van der Waals surface area (Å²) in [5, 5.41) is 0.727. The zero-order valence-corrected chi connectivity index (χ0v) is 16.5. The number of nitrogens with zero attached hydrogens (tertiary/aromatic N) is 1.